The molecule has 0 rings (SSSR count). The average molecular weight is 669 g/mol. The van der Waals surface area contributed by atoms with Crippen molar-refractivity contribution in [1.29, 1.82) is 0 Å². The van der Waals surface area contributed by atoms with Crippen LogP contribution >= 0.6 is 0 Å². The van der Waals surface area contributed by atoms with Gasteiger partial charge in [-0.3, -0.25) is 9.59 Å². The van der Waals surface area contributed by atoms with Crippen molar-refractivity contribution in [3.05, 3.63) is 0 Å². The van der Waals surface area contributed by atoms with E-state index in [1.807, 2.05) is 76.2 Å². The van der Waals surface area contributed by atoms with Crippen molar-refractivity contribution in [2.75, 3.05) is 6.61 Å². The topological polar surface area (TPSA) is 71.1 Å². The summed E-state index contributed by atoms with van der Waals surface area (Å²) in [5.41, 5.74) is -3.30. The van der Waals surface area contributed by atoms with Crippen LogP contribution in [0.5, 0.6) is 0 Å². The van der Waals surface area contributed by atoms with E-state index in [1.165, 1.54) is 0 Å². The molecular weight excluding hydrogens is 588 g/mol. The van der Waals surface area contributed by atoms with E-state index in [2.05, 4.69) is 76.2 Å². The lowest BCUT2D eigenvalue weighted by Crippen LogP contribution is -2.49. The van der Waals surface area contributed by atoms with Gasteiger partial charge in [0.2, 0.25) is 0 Å². The number of carbonyl (C=O) groups excluding carboxylic acids is 2. The van der Waals surface area contributed by atoms with Crippen LogP contribution in [0.15, 0.2) is 0 Å². The molecule has 0 N–H and O–H groups in total. The maximum Gasteiger partial charge on any atom is 0.310 e. The molecule has 0 aliphatic carbocycles. The highest BCUT2D eigenvalue weighted by atomic mass is 16.6. The third-order valence-electron chi connectivity index (χ3n) is 10.6. The Bertz CT molecular complexity index is 994. The lowest BCUT2D eigenvalue weighted by molar-refractivity contribution is -0.178. The summed E-state index contributed by atoms with van der Waals surface area (Å²) in [5, 5.41) is 0. The summed E-state index contributed by atoms with van der Waals surface area (Å²) in [6.45, 7) is 46.6. The number of rotatable bonds is 17. The van der Waals surface area contributed by atoms with E-state index >= 15 is 0 Å². The smallest absolute Gasteiger partial charge is 0.310 e. The molecule has 0 aliphatic rings. The SMILES string of the molecule is CC(CC(C)(C)OC(=O)C(CC(C)(C)C(C)(C)C(CC(C)(C)C(C)C)C(=O)OC(C)(C)CCOC(C)(C)C)C(C)(C)C)OC(C)(C)C. The molecule has 280 valence electrons. The summed E-state index contributed by atoms with van der Waals surface area (Å²) < 4.78 is 24.8. The van der Waals surface area contributed by atoms with E-state index in [4.69, 9.17) is 18.9 Å². The maximum absolute atomic E-state index is 14.4. The normalized spacial score (nSPS) is 16.6. The molecule has 0 aromatic rings. The number of esters is 2. The minimum absolute atomic E-state index is 0.0679. The predicted molar refractivity (Wildman–Crippen MR) is 197 cm³/mol. The second-order valence-corrected chi connectivity index (χ2v) is 20.9. The van der Waals surface area contributed by atoms with E-state index in [0.29, 0.717) is 38.2 Å². The Morgan fingerprint density at radius 3 is 1.40 bits per heavy atom. The highest BCUT2D eigenvalue weighted by Crippen LogP contribution is 2.54. The molecule has 0 aromatic heterocycles. The van der Waals surface area contributed by atoms with Gasteiger partial charge in [-0.05, 0) is 117 Å². The third kappa shape index (κ3) is 16.0. The first-order valence-electron chi connectivity index (χ1n) is 18.2. The molecule has 3 unspecified atom stereocenters. The Morgan fingerprint density at radius 2 is 1.00 bits per heavy atom. The molecule has 0 aromatic carbocycles. The van der Waals surface area contributed by atoms with E-state index in [-0.39, 0.29) is 51.9 Å². The molecule has 0 saturated heterocycles. The van der Waals surface area contributed by atoms with Crippen LogP contribution in [-0.2, 0) is 28.5 Å². The van der Waals surface area contributed by atoms with Gasteiger partial charge >= 0.3 is 11.9 Å². The van der Waals surface area contributed by atoms with E-state index in [9.17, 15) is 9.59 Å². The largest absolute Gasteiger partial charge is 0.459 e. The molecule has 0 spiro atoms. The van der Waals surface area contributed by atoms with Gasteiger partial charge in [0, 0.05) is 12.8 Å². The van der Waals surface area contributed by atoms with Crippen molar-refractivity contribution in [3.8, 4) is 0 Å². The highest BCUT2D eigenvalue weighted by Gasteiger charge is 2.52. The van der Waals surface area contributed by atoms with Crippen molar-refractivity contribution < 1.29 is 28.5 Å². The number of hydrogen-bond donors (Lipinski definition) is 0. The second-order valence-electron chi connectivity index (χ2n) is 20.9. The van der Waals surface area contributed by atoms with Crippen molar-refractivity contribution in [2.45, 2.75) is 207 Å². The fraction of sp³-hybridized carbons (Fsp3) is 0.951. The van der Waals surface area contributed by atoms with E-state index < -0.39 is 22.0 Å². The molecule has 47 heavy (non-hydrogen) atoms. The van der Waals surface area contributed by atoms with Crippen LogP contribution in [-0.4, -0.2) is 47.1 Å². The standard InChI is InChI=1S/C41H80O6/c1-28(2)37(13,14)26-31(33(43)46-39(17,18)23-24-44-35(7,8)9)41(21,22)38(15,16)27-30(34(4,5)6)32(42)47-40(19,20)25-29(3)45-36(10,11)12/h28-31H,23-27H2,1-22H3. The van der Waals surface area contributed by atoms with Gasteiger partial charge in [0.05, 0.1) is 35.7 Å². The molecule has 0 fully saturated rings. The van der Waals surface area contributed by atoms with Gasteiger partial charge in [0.1, 0.15) is 11.2 Å². The van der Waals surface area contributed by atoms with Crippen LogP contribution in [0.2, 0.25) is 0 Å². The van der Waals surface area contributed by atoms with Gasteiger partial charge in [0.15, 0.2) is 0 Å². The molecular formula is C41H80O6. The van der Waals surface area contributed by atoms with Crippen LogP contribution in [0, 0.1) is 39.4 Å². The van der Waals surface area contributed by atoms with Gasteiger partial charge in [-0.25, -0.2) is 0 Å². The zero-order chi connectivity index (χ0) is 37.8. The predicted octanol–water partition coefficient (Wildman–Crippen LogP) is 11.2. The Hall–Kier alpha value is -1.14. The van der Waals surface area contributed by atoms with E-state index in [0.717, 1.165) is 0 Å². The van der Waals surface area contributed by atoms with Crippen LogP contribution < -0.4 is 0 Å². The first kappa shape index (κ1) is 45.9. The number of carbonyl (C=O) groups is 2. The zero-order valence-corrected chi connectivity index (χ0v) is 35.3. The molecule has 0 heterocycles. The molecule has 0 radical (unpaired) electrons. The summed E-state index contributed by atoms with van der Waals surface area (Å²) in [7, 11) is 0. The van der Waals surface area contributed by atoms with Crippen LogP contribution in [0.25, 0.3) is 0 Å². The Morgan fingerprint density at radius 1 is 0.553 bits per heavy atom. The molecule has 6 heteroatoms. The third-order valence-corrected chi connectivity index (χ3v) is 10.6. The fourth-order valence-electron chi connectivity index (χ4n) is 6.10. The molecule has 0 aliphatic heterocycles. The monoisotopic (exact) mass is 669 g/mol. The Balaban J connectivity index is 6.46. The van der Waals surface area contributed by atoms with Gasteiger partial charge in [-0.1, -0.05) is 76.2 Å². The summed E-state index contributed by atoms with van der Waals surface area (Å²) >= 11 is 0. The minimum Gasteiger partial charge on any atom is -0.459 e. The van der Waals surface area contributed by atoms with Crippen molar-refractivity contribution in [1.82, 2.24) is 0 Å². The highest BCUT2D eigenvalue weighted by molar-refractivity contribution is 5.75. The van der Waals surface area contributed by atoms with Gasteiger partial charge in [-0.2, -0.15) is 0 Å². The second kappa shape index (κ2) is 15.8. The quantitative estimate of drug-likeness (QED) is 0.144. The first-order valence-corrected chi connectivity index (χ1v) is 18.2. The summed E-state index contributed by atoms with van der Waals surface area (Å²) in [5.74, 6) is -0.775. The summed E-state index contributed by atoms with van der Waals surface area (Å²) in [4.78, 5) is 28.4. The van der Waals surface area contributed by atoms with Crippen molar-refractivity contribution in [3.63, 3.8) is 0 Å². The molecule has 0 saturated carbocycles. The number of ether oxygens (including phenoxy) is 4. The van der Waals surface area contributed by atoms with Gasteiger partial charge < -0.3 is 18.9 Å². The number of hydrogen-bond acceptors (Lipinski definition) is 6. The van der Waals surface area contributed by atoms with Crippen molar-refractivity contribution in [2.24, 2.45) is 39.4 Å². The van der Waals surface area contributed by atoms with Gasteiger partial charge in [0.25, 0.3) is 0 Å². The summed E-state index contributed by atoms with van der Waals surface area (Å²) in [6, 6.07) is 0. The first-order chi connectivity index (χ1) is 20.4. The average Bonchev–Trinajstić information content (AvgIpc) is 2.76. The van der Waals surface area contributed by atoms with Crippen LogP contribution in [0.4, 0.5) is 0 Å². The molecule has 0 bridgehead atoms. The van der Waals surface area contributed by atoms with Crippen LogP contribution in [0.1, 0.15) is 178 Å². The van der Waals surface area contributed by atoms with Crippen LogP contribution in [0.3, 0.4) is 0 Å². The Kier molecular flexibility index (Phi) is 15.4. The van der Waals surface area contributed by atoms with Crippen molar-refractivity contribution >= 4 is 11.9 Å². The molecule has 3 atom stereocenters. The fourth-order valence-corrected chi connectivity index (χ4v) is 6.10. The zero-order valence-electron chi connectivity index (χ0n) is 35.3. The lowest BCUT2D eigenvalue weighted by atomic mass is 9.54. The Labute approximate surface area is 292 Å². The lowest BCUT2D eigenvalue weighted by Gasteiger charge is -2.51. The minimum atomic E-state index is -0.694. The summed E-state index contributed by atoms with van der Waals surface area (Å²) in [6.07, 6.45) is 2.38. The maximum atomic E-state index is 14.4. The molecule has 6 nitrogen and oxygen atoms in total. The van der Waals surface area contributed by atoms with Gasteiger partial charge in [-0.15, -0.1) is 0 Å². The van der Waals surface area contributed by atoms with E-state index in [1.54, 1.807) is 0 Å². The molecule has 0 amide bonds.